The first-order chi connectivity index (χ1) is 8.74. The van der Waals surface area contributed by atoms with Crippen LogP contribution >= 0.6 is 27.5 Å². The first-order valence-electron chi connectivity index (χ1n) is 5.72. The minimum Gasteiger partial charge on any atom is -0.343 e. The SMILES string of the molecule is Clc1cccc(Cn2ccc3c(Br)cccc32)c1. The summed E-state index contributed by atoms with van der Waals surface area (Å²) in [7, 11) is 0. The van der Waals surface area contributed by atoms with E-state index in [9.17, 15) is 0 Å². The highest BCUT2D eigenvalue weighted by molar-refractivity contribution is 9.10. The molecule has 1 nitrogen and oxygen atoms in total. The number of aromatic nitrogens is 1. The molecule has 0 spiro atoms. The Morgan fingerprint density at radius 3 is 2.72 bits per heavy atom. The molecule has 0 bridgehead atoms. The Morgan fingerprint density at radius 2 is 1.89 bits per heavy atom. The monoisotopic (exact) mass is 319 g/mol. The molecule has 1 heterocycles. The highest BCUT2D eigenvalue weighted by atomic mass is 79.9. The third kappa shape index (κ3) is 2.18. The maximum atomic E-state index is 6.01. The lowest BCUT2D eigenvalue weighted by molar-refractivity contribution is 0.837. The first kappa shape index (κ1) is 11.8. The molecule has 0 fully saturated rings. The van der Waals surface area contributed by atoms with Crippen molar-refractivity contribution in [3.63, 3.8) is 0 Å². The molecular weight excluding hydrogens is 310 g/mol. The van der Waals surface area contributed by atoms with Crippen LogP contribution in [-0.2, 0) is 6.54 Å². The van der Waals surface area contributed by atoms with E-state index in [1.165, 1.54) is 16.5 Å². The Hall–Kier alpha value is -1.25. The summed E-state index contributed by atoms with van der Waals surface area (Å²) in [5, 5.41) is 2.02. The van der Waals surface area contributed by atoms with Gasteiger partial charge in [-0.05, 0) is 35.9 Å². The van der Waals surface area contributed by atoms with Gasteiger partial charge in [0, 0.05) is 33.1 Å². The number of benzene rings is 2. The third-order valence-corrected chi connectivity index (χ3v) is 3.93. The van der Waals surface area contributed by atoms with E-state index in [1.807, 2.05) is 18.2 Å². The lowest BCUT2D eigenvalue weighted by Crippen LogP contribution is -1.97. The van der Waals surface area contributed by atoms with Crippen molar-refractivity contribution in [1.29, 1.82) is 0 Å². The maximum Gasteiger partial charge on any atom is 0.0494 e. The van der Waals surface area contributed by atoms with Gasteiger partial charge in [0.25, 0.3) is 0 Å². The van der Waals surface area contributed by atoms with E-state index in [0.29, 0.717) is 0 Å². The zero-order valence-corrected chi connectivity index (χ0v) is 11.9. The van der Waals surface area contributed by atoms with E-state index >= 15 is 0 Å². The summed E-state index contributed by atoms with van der Waals surface area (Å²) in [4.78, 5) is 0. The minimum absolute atomic E-state index is 0.783. The number of fused-ring (bicyclic) bond motifs is 1. The van der Waals surface area contributed by atoms with Gasteiger partial charge in [0.15, 0.2) is 0 Å². The van der Waals surface area contributed by atoms with Crippen LogP contribution in [-0.4, -0.2) is 4.57 Å². The molecule has 3 aromatic rings. The molecule has 90 valence electrons. The molecule has 18 heavy (non-hydrogen) atoms. The van der Waals surface area contributed by atoms with Crippen molar-refractivity contribution in [3.8, 4) is 0 Å². The van der Waals surface area contributed by atoms with E-state index in [4.69, 9.17) is 11.6 Å². The summed E-state index contributed by atoms with van der Waals surface area (Å²) in [5.41, 5.74) is 2.43. The van der Waals surface area contributed by atoms with Crippen LogP contribution in [0, 0.1) is 0 Å². The Labute approximate surface area is 119 Å². The molecule has 0 unspecified atom stereocenters. The molecule has 3 heteroatoms. The van der Waals surface area contributed by atoms with Crippen molar-refractivity contribution in [2.24, 2.45) is 0 Å². The third-order valence-electron chi connectivity index (χ3n) is 3.00. The predicted molar refractivity (Wildman–Crippen MR) is 80.2 cm³/mol. The van der Waals surface area contributed by atoms with Gasteiger partial charge in [-0.25, -0.2) is 0 Å². The topological polar surface area (TPSA) is 4.93 Å². The van der Waals surface area contributed by atoms with Crippen LogP contribution in [0.4, 0.5) is 0 Å². The predicted octanol–water partition coefficient (Wildman–Crippen LogP) is 5.11. The van der Waals surface area contributed by atoms with Crippen LogP contribution in [0.2, 0.25) is 5.02 Å². The van der Waals surface area contributed by atoms with Crippen molar-refractivity contribution in [2.45, 2.75) is 6.54 Å². The lowest BCUT2D eigenvalue weighted by Gasteiger charge is -2.06. The van der Waals surface area contributed by atoms with Crippen LogP contribution in [0.15, 0.2) is 59.2 Å². The van der Waals surface area contributed by atoms with Gasteiger partial charge in [0.2, 0.25) is 0 Å². The second-order valence-corrected chi connectivity index (χ2v) is 5.54. The molecule has 0 aliphatic carbocycles. The maximum absolute atomic E-state index is 6.01. The van der Waals surface area contributed by atoms with Gasteiger partial charge >= 0.3 is 0 Å². The summed E-state index contributed by atoms with van der Waals surface area (Å²) in [6.07, 6.45) is 2.11. The summed E-state index contributed by atoms with van der Waals surface area (Å²) in [5.74, 6) is 0. The molecule has 0 saturated heterocycles. The standard InChI is InChI=1S/C15H11BrClN/c16-14-5-2-6-15-13(14)7-8-18(15)10-11-3-1-4-12(17)9-11/h1-9H,10H2. The quantitative estimate of drug-likeness (QED) is 0.618. The van der Waals surface area contributed by atoms with Crippen LogP contribution in [0.3, 0.4) is 0 Å². The first-order valence-corrected chi connectivity index (χ1v) is 6.89. The number of hydrogen-bond acceptors (Lipinski definition) is 0. The normalized spacial score (nSPS) is 11.0. The Morgan fingerprint density at radius 1 is 1.06 bits per heavy atom. The van der Waals surface area contributed by atoms with E-state index < -0.39 is 0 Å². The number of rotatable bonds is 2. The number of halogens is 2. The number of nitrogens with zero attached hydrogens (tertiary/aromatic N) is 1. The summed E-state index contributed by atoms with van der Waals surface area (Å²) >= 11 is 9.58. The number of hydrogen-bond donors (Lipinski definition) is 0. The summed E-state index contributed by atoms with van der Waals surface area (Å²) in [6, 6.07) is 16.4. The fraction of sp³-hybridized carbons (Fsp3) is 0.0667. The van der Waals surface area contributed by atoms with Gasteiger partial charge in [-0.3, -0.25) is 0 Å². The molecule has 0 amide bonds. The zero-order chi connectivity index (χ0) is 12.5. The Kier molecular flexibility index (Phi) is 3.14. The van der Waals surface area contributed by atoms with E-state index in [2.05, 4.69) is 57.0 Å². The molecule has 0 N–H and O–H groups in total. The molecular formula is C15H11BrClN. The van der Waals surface area contributed by atoms with Gasteiger partial charge in [-0.15, -0.1) is 0 Å². The fourth-order valence-corrected chi connectivity index (χ4v) is 2.86. The Balaban J connectivity index is 2.03. The highest BCUT2D eigenvalue weighted by Gasteiger charge is 2.04. The van der Waals surface area contributed by atoms with Crippen molar-refractivity contribution in [2.75, 3.05) is 0 Å². The smallest absolute Gasteiger partial charge is 0.0494 e. The van der Waals surface area contributed by atoms with Gasteiger partial charge in [0.05, 0.1) is 0 Å². The van der Waals surface area contributed by atoms with Gasteiger partial charge in [-0.1, -0.05) is 45.7 Å². The van der Waals surface area contributed by atoms with Crippen LogP contribution in [0.5, 0.6) is 0 Å². The van der Waals surface area contributed by atoms with Crippen LogP contribution in [0.1, 0.15) is 5.56 Å². The van der Waals surface area contributed by atoms with E-state index in [1.54, 1.807) is 0 Å². The lowest BCUT2D eigenvalue weighted by atomic mass is 10.2. The Bertz CT molecular complexity index is 703. The van der Waals surface area contributed by atoms with Gasteiger partial charge in [0.1, 0.15) is 0 Å². The average molecular weight is 321 g/mol. The molecule has 0 saturated carbocycles. The second-order valence-electron chi connectivity index (χ2n) is 4.25. The zero-order valence-electron chi connectivity index (χ0n) is 9.61. The van der Waals surface area contributed by atoms with Gasteiger partial charge < -0.3 is 4.57 Å². The molecule has 2 aromatic carbocycles. The molecule has 0 atom stereocenters. The average Bonchev–Trinajstić information content (AvgIpc) is 2.74. The van der Waals surface area contributed by atoms with Gasteiger partial charge in [-0.2, -0.15) is 0 Å². The minimum atomic E-state index is 0.783. The molecule has 1 aromatic heterocycles. The molecule has 0 radical (unpaired) electrons. The molecule has 3 rings (SSSR count). The van der Waals surface area contributed by atoms with Crippen molar-refractivity contribution in [1.82, 2.24) is 4.57 Å². The second kappa shape index (κ2) is 4.79. The van der Waals surface area contributed by atoms with Crippen LogP contribution < -0.4 is 0 Å². The van der Waals surface area contributed by atoms with Crippen molar-refractivity contribution < 1.29 is 0 Å². The summed E-state index contributed by atoms with van der Waals surface area (Å²) < 4.78 is 3.36. The van der Waals surface area contributed by atoms with Crippen LogP contribution in [0.25, 0.3) is 10.9 Å². The molecule has 0 aliphatic heterocycles. The van der Waals surface area contributed by atoms with Crippen molar-refractivity contribution >= 4 is 38.4 Å². The summed E-state index contributed by atoms with van der Waals surface area (Å²) in [6.45, 7) is 0.834. The molecule has 0 aliphatic rings. The highest BCUT2D eigenvalue weighted by Crippen LogP contribution is 2.25. The van der Waals surface area contributed by atoms with E-state index in [-0.39, 0.29) is 0 Å². The fourth-order valence-electron chi connectivity index (χ4n) is 2.16. The van der Waals surface area contributed by atoms with Crippen molar-refractivity contribution in [3.05, 3.63) is 69.8 Å². The largest absolute Gasteiger partial charge is 0.343 e. The van der Waals surface area contributed by atoms with E-state index in [0.717, 1.165) is 16.0 Å².